The third-order valence-electron chi connectivity index (χ3n) is 7.48. The molecule has 3 heterocycles. The van der Waals surface area contributed by atoms with Crippen molar-refractivity contribution in [3.63, 3.8) is 0 Å². The molecule has 2 amide bonds. The number of fused-ring (bicyclic) bond motifs is 1. The van der Waals surface area contributed by atoms with Crippen molar-refractivity contribution in [1.29, 1.82) is 0 Å². The summed E-state index contributed by atoms with van der Waals surface area (Å²) < 4.78 is 26.7. The molecule has 0 bridgehead atoms. The molecular weight excluding hydrogens is 555 g/mol. The van der Waals surface area contributed by atoms with Crippen LogP contribution in [0.1, 0.15) is 29.2 Å². The van der Waals surface area contributed by atoms with Gasteiger partial charge in [-0.05, 0) is 54.8 Å². The van der Waals surface area contributed by atoms with Gasteiger partial charge in [0.2, 0.25) is 11.8 Å². The predicted molar refractivity (Wildman–Crippen MR) is 161 cm³/mol. The van der Waals surface area contributed by atoms with Crippen molar-refractivity contribution in [1.82, 2.24) is 15.1 Å². The third-order valence-corrected chi connectivity index (χ3v) is 8.73. The van der Waals surface area contributed by atoms with Gasteiger partial charge in [-0.25, -0.2) is 9.07 Å². The van der Waals surface area contributed by atoms with Crippen molar-refractivity contribution in [2.24, 2.45) is 0 Å². The van der Waals surface area contributed by atoms with Gasteiger partial charge >= 0.3 is 0 Å². The average Bonchev–Trinajstić information content (AvgIpc) is 3.66. The van der Waals surface area contributed by atoms with E-state index in [1.54, 1.807) is 23.9 Å². The second-order valence-corrected chi connectivity index (χ2v) is 11.3. The molecule has 0 radical (unpaired) electrons. The van der Waals surface area contributed by atoms with E-state index in [0.717, 1.165) is 29.5 Å². The Labute approximate surface area is 247 Å². The number of anilines is 1. The van der Waals surface area contributed by atoms with E-state index in [0.29, 0.717) is 36.1 Å². The number of aromatic nitrogens is 2. The Morgan fingerprint density at radius 2 is 1.86 bits per heavy atom. The van der Waals surface area contributed by atoms with Crippen molar-refractivity contribution < 1.29 is 23.5 Å². The number of nitrogens with one attached hydrogen (secondary N) is 1. The molecule has 4 aromatic rings. The third kappa shape index (κ3) is 5.77. The van der Waals surface area contributed by atoms with Gasteiger partial charge in [-0.2, -0.15) is 5.10 Å². The maximum Gasteiger partial charge on any atom is 0.240 e. The van der Waals surface area contributed by atoms with Crippen LogP contribution in [0.2, 0.25) is 0 Å². The zero-order valence-corrected chi connectivity index (χ0v) is 24.0. The summed E-state index contributed by atoms with van der Waals surface area (Å²) >= 11 is 1.44. The van der Waals surface area contributed by atoms with E-state index in [2.05, 4.69) is 5.32 Å². The minimum Gasteiger partial charge on any atom is -0.497 e. The van der Waals surface area contributed by atoms with Crippen LogP contribution in [0.5, 0.6) is 5.75 Å². The van der Waals surface area contributed by atoms with Gasteiger partial charge in [0.05, 0.1) is 35.6 Å². The first-order valence-corrected chi connectivity index (χ1v) is 14.9. The summed E-state index contributed by atoms with van der Waals surface area (Å²) in [6.45, 7) is 0.916. The summed E-state index contributed by atoms with van der Waals surface area (Å²) in [6, 6.07) is 23.5. The van der Waals surface area contributed by atoms with E-state index in [9.17, 15) is 14.0 Å². The molecule has 1 saturated heterocycles. The molecule has 42 heavy (non-hydrogen) atoms. The van der Waals surface area contributed by atoms with Crippen molar-refractivity contribution >= 4 is 29.4 Å². The average molecular weight is 587 g/mol. The molecule has 3 aromatic carbocycles. The molecule has 2 atom stereocenters. The molecule has 0 aliphatic carbocycles. The second-order valence-electron chi connectivity index (χ2n) is 10.2. The Morgan fingerprint density at radius 1 is 1.10 bits per heavy atom. The van der Waals surface area contributed by atoms with Gasteiger partial charge in [0, 0.05) is 24.3 Å². The first kappa shape index (κ1) is 28.0. The molecule has 1 aromatic heterocycles. The lowest BCUT2D eigenvalue weighted by molar-refractivity contribution is -0.123. The highest BCUT2D eigenvalue weighted by Gasteiger charge is 2.37. The van der Waals surface area contributed by atoms with Crippen LogP contribution in [0, 0.1) is 5.82 Å². The predicted octanol–water partition coefficient (Wildman–Crippen LogP) is 5.15. The van der Waals surface area contributed by atoms with Crippen LogP contribution in [-0.4, -0.2) is 60.3 Å². The summed E-state index contributed by atoms with van der Waals surface area (Å²) in [7, 11) is 1.60. The SMILES string of the molecule is COc1ccc(-n2nc(-c3ccccc3)c3c2N(CC(=O)NC[C@@H]2CCCO2)C(=O)CS[C@H]3c2ccc(F)cc2)cc1. The van der Waals surface area contributed by atoms with Crippen molar-refractivity contribution in [3.05, 3.63) is 95.8 Å². The number of thioether (sulfide) groups is 1. The maximum absolute atomic E-state index is 14.0. The molecule has 2 aliphatic heterocycles. The fourth-order valence-electron chi connectivity index (χ4n) is 5.37. The molecule has 0 saturated carbocycles. The lowest BCUT2D eigenvalue weighted by atomic mass is 9.99. The molecule has 216 valence electrons. The van der Waals surface area contributed by atoms with Crippen molar-refractivity contribution in [3.8, 4) is 22.7 Å². The topological polar surface area (TPSA) is 85.7 Å². The normalized spacial score (nSPS) is 18.4. The molecule has 6 rings (SSSR count). The molecular formula is C32H31FN4O4S. The lowest BCUT2D eigenvalue weighted by Crippen LogP contribution is -2.44. The van der Waals surface area contributed by atoms with E-state index in [1.807, 2.05) is 54.6 Å². The minimum atomic E-state index is -0.341. The number of hydrogen-bond donors (Lipinski definition) is 1. The number of rotatable bonds is 8. The number of benzene rings is 3. The Bertz CT molecular complexity index is 1550. The molecule has 1 N–H and O–H groups in total. The van der Waals surface area contributed by atoms with E-state index >= 15 is 0 Å². The summed E-state index contributed by atoms with van der Waals surface area (Å²) in [5.74, 6) is 0.491. The van der Waals surface area contributed by atoms with E-state index in [1.165, 1.54) is 28.8 Å². The molecule has 0 spiro atoms. The van der Waals surface area contributed by atoms with Crippen LogP contribution in [0.25, 0.3) is 16.9 Å². The molecule has 2 aliphatic rings. The van der Waals surface area contributed by atoms with Crippen LogP contribution in [-0.2, 0) is 14.3 Å². The van der Waals surface area contributed by atoms with Gasteiger partial charge in [-0.3, -0.25) is 14.5 Å². The maximum atomic E-state index is 14.0. The van der Waals surface area contributed by atoms with Crippen LogP contribution in [0.15, 0.2) is 78.9 Å². The van der Waals surface area contributed by atoms with Crippen molar-refractivity contribution in [2.45, 2.75) is 24.2 Å². The van der Waals surface area contributed by atoms with E-state index in [-0.39, 0.29) is 41.3 Å². The Hall–Kier alpha value is -4.15. The molecule has 8 nitrogen and oxygen atoms in total. The van der Waals surface area contributed by atoms with Crippen LogP contribution in [0.3, 0.4) is 0 Å². The molecule has 10 heteroatoms. The highest BCUT2D eigenvalue weighted by Crippen LogP contribution is 2.48. The monoisotopic (exact) mass is 586 g/mol. The fourth-order valence-corrected chi connectivity index (χ4v) is 6.56. The molecule has 1 fully saturated rings. The summed E-state index contributed by atoms with van der Waals surface area (Å²) in [4.78, 5) is 28.6. The van der Waals surface area contributed by atoms with Gasteiger partial charge in [-0.15, -0.1) is 11.8 Å². The lowest BCUT2D eigenvalue weighted by Gasteiger charge is -2.23. The van der Waals surface area contributed by atoms with Gasteiger partial charge in [0.15, 0.2) is 0 Å². The minimum absolute atomic E-state index is 0.0164. The van der Waals surface area contributed by atoms with Gasteiger partial charge in [0.1, 0.15) is 23.9 Å². The van der Waals surface area contributed by atoms with E-state index < -0.39 is 0 Å². The number of ether oxygens (including phenoxy) is 2. The van der Waals surface area contributed by atoms with Crippen LogP contribution < -0.4 is 15.0 Å². The smallest absolute Gasteiger partial charge is 0.240 e. The first-order chi connectivity index (χ1) is 20.5. The summed E-state index contributed by atoms with van der Waals surface area (Å²) in [5.41, 5.74) is 3.88. The largest absolute Gasteiger partial charge is 0.497 e. The number of hydrogen-bond acceptors (Lipinski definition) is 6. The zero-order valence-electron chi connectivity index (χ0n) is 23.2. The van der Waals surface area contributed by atoms with Gasteiger partial charge in [-0.1, -0.05) is 42.5 Å². The van der Waals surface area contributed by atoms with Gasteiger partial charge < -0.3 is 14.8 Å². The quantitative estimate of drug-likeness (QED) is 0.307. The Balaban J connectivity index is 1.51. The molecule has 0 unspecified atom stereocenters. The number of amides is 2. The Morgan fingerprint density at radius 3 is 2.55 bits per heavy atom. The van der Waals surface area contributed by atoms with E-state index in [4.69, 9.17) is 14.6 Å². The van der Waals surface area contributed by atoms with Crippen molar-refractivity contribution in [2.75, 3.05) is 37.5 Å². The standard InChI is InChI=1S/C32H31FN4O4S/c1-40-25-15-13-24(14-16-25)37-32-29(30(35-37)21-6-3-2-4-7-21)31(22-9-11-23(33)12-10-22)42-20-28(39)36(32)19-27(38)34-18-26-8-5-17-41-26/h2-4,6-7,9-16,26,31H,5,8,17-20H2,1H3,(H,34,38)/t26-,31-/m0/s1. The highest BCUT2D eigenvalue weighted by atomic mass is 32.2. The number of halogens is 1. The summed E-state index contributed by atoms with van der Waals surface area (Å²) in [5, 5.41) is 7.68. The fraction of sp³-hybridized carbons (Fsp3) is 0.281. The number of carbonyl (C=O) groups is 2. The first-order valence-electron chi connectivity index (χ1n) is 13.9. The number of methoxy groups -OCH3 is 1. The number of carbonyl (C=O) groups excluding carboxylic acids is 2. The van der Waals surface area contributed by atoms with Crippen LogP contribution >= 0.6 is 11.8 Å². The zero-order chi connectivity index (χ0) is 29.1. The second kappa shape index (κ2) is 12.4. The van der Waals surface area contributed by atoms with Gasteiger partial charge in [0.25, 0.3) is 0 Å². The highest BCUT2D eigenvalue weighted by molar-refractivity contribution is 8.00. The summed E-state index contributed by atoms with van der Waals surface area (Å²) in [6.07, 6.45) is 1.85. The Kier molecular flexibility index (Phi) is 8.25. The number of nitrogens with zero attached hydrogens (tertiary/aromatic N) is 3. The van der Waals surface area contributed by atoms with Crippen LogP contribution in [0.4, 0.5) is 10.2 Å².